The Morgan fingerprint density at radius 1 is 0.898 bits per heavy atom. The van der Waals surface area contributed by atoms with Gasteiger partial charge in [0.1, 0.15) is 5.41 Å². The van der Waals surface area contributed by atoms with Crippen molar-refractivity contribution in [2.45, 2.75) is 37.0 Å². The number of hydrogen-bond donors (Lipinski definition) is 1. The van der Waals surface area contributed by atoms with E-state index in [1.54, 1.807) is 11.5 Å². The van der Waals surface area contributed by atoms with E-state index in [1.807, 2.05) is 127 Å². The van der Waals surface area contributed by atoms with Gasteiger partial charge in [0, 0.05) is 27.6 Å². The normalized spacial score (nSPS) is 18.2. The van der Waals surface area contributed by atoms with Crippen molar-refractivity contribution in [1.29, 1.82) is 0 Å². The summed E-state index contributed by atoms with van der Waals surface area (Å²) in [7, 11) is 0. The fraction of sp³-hybridized carbons (Fsp3) is 0.171. The number of nitrogens with zero attached hydrogens (tertiary/aromatic N) is 3. The fourth-order valence-corrected chi connectivity index (χ4v) is 7.30. The Labute approximate surface area is 282 Å². The first-order valence-corrected chi connectivity index (χ1v) is 16.4. The van der Waals surface area contributed by atoms with Gasteiger partial charge in [-0.1, -0.05) is 121 Å². The minimum atomic E-state index is -1.42. The van der Waals surface area contributed by atoms with Gasteiger partial charge >= 0.3 is 5.97 Å². The molecule has 4 heterocycles. The molecule has 8 nitrogen and oxygen atoms in total. The molecule has 2 aliphatic heterocycles. The molecule has 8 rings (SSSR count). The summed E-state index contributed by atoms with van der Waals surface area (Å²) in [5.41, 5.74) is 3.28. The van der Waals surface area contributed by atoms with Crippen LogP contribution in [0.2, 0.25) is 0 Å². The van der Waals surface area contributed by atoms with E-state index >= 15 is 0 Å². The largest absolute Gasteiger partial charge is 0.450 e. The summed E-state index contributed by atoms with van der Waals surface area (Å²) in [6, 6.07) is 41.0. The van der Waals surface area contributed by atoms with E-state index in [0.717, 1.165) is 33.2 Å². The molecule has 2 atom stereocenters. The molecule has 2 aromatic heterocycles. The first-order valence-electron chi connectivity index (χ1n) is 16.4. The first kappa shape index (κ1) is 30.5. The van der Waals surface area contributed by atoms with E-state index in [2.05, 4.69) is 5.16 Å². The number of oxime groups is 1. The summed E-state index contributed by atoms with van der Waals surface area (Å²) in [5, 5.41) is 16.2. The minimum Gasteiger partial charge on any atom is -0.450 e. The van der Waals surface area contributed by atoms with Crippen LogP contribution in [0, 0.1) is 0 Å². The number of ether oxygens (including phenoxy) is 1. The van der Waals surface area contributed by atoms with Gasteiger partial charge in [-0.2, -0.15) is 0 Å². The van der Waals surface area contributed by atoms with Crippen molar-refractivity contribution in [2.24, 2.45) is 5.16 Å². The van der Waals surface area contributed by atoms with Gasteiger partial charge in [-0.15, -0.1) is 0 Å². The smallest absolute Gasteiger partial charge is 0.319 e. The molecule has 0 amide bonds. The van der Waals surface area contributed by atoms with Crippen LogP contribution in [0.15, 0.2) is 137 Å². The highest BCUT2D eigenvalue weighted by atomic mass is 16.7. The number of esters is 1. The molecule has 0 radical (unpaired) electrons. The molecule has 0 bridgehead atoms. The van der Waals surface area contributed by atoms with Crippen LogP contribution in [0.5, 0.6) is 0 Å². The van der Waals surface area contributed by atoms with Gasteiger partial charge in [0.2, 0.25) is 5.60 Å². The van der Waals surface area contributed by atoms with Gasteiger partial charge < -0.3 is 19.2 Å². The molecule has 2 unspecified atom stereocenters. The van der Waals surface area contributed by atoms with E-state index in [0.29, 0.717) is 23.5 Å². The van der Waals surface area contributed by atoms with Crippen LogP contribution in [0.4, 0.5) is 0 Å². The Morgan fingerprint density at radius 2 is 1.49 bits per heavy atom. The van der Waals surface area contributed by atoms with Gasteiger partial charge in [-0.05, 0) is 30.2 Å². The number of rotatable bonds is 8. The fourth-order valence-electron chi connectivity index (χ4n) is 7.30. The number of carbonyl (C=O) groups excluding carboxylic acids is 1. The molecule has 0 spiro atoms. The van der Waals surface area contributed by atoms with Crippen molar-refractivity contribution >= 4 is 23.1 Å². The number of benzene rings is 4. The van der Waals surface area contributed by atoms with E-state index in [-0.39, 0.29) is 17.5 Å². The number of fused-ring (bicyclic) bond motifs is 5. The second-order valence-corrected chi connectivity index (χ2v) is 12.5. The maximum atomic E-state index is 14.5. The van der Waals surface area contributed by atoms with Crippen molar-refractivity contribution < 1.29 is 19.5 Å². The number of cyclic esters (lactones) is 1. The quantitative estimate of drug-likeness (QED) is 0.0857. The van der Waals surface area contributed by atoms with Crippen molar-refractivity contribution in [3.63, 3.8) is 0 Å². The highest BCUT2D eigenvalue weighted by Crippen LogP contribution is 2.44. The predicted molar refractivity (Wildman–Crippen MR) is 187 cm³/mol. The highest BCUT2D eigenvalue weighted by Gasteiger charge is 2.50. The van der Waals surface area contributed by atoms with Crippen molar-refractivity contribution in [1.82, 2.24) is 9.55 Å². The molecule has 242 valence electrons. The van der Waals surface area contributed by atoms with Gasteiger partial charge in [-0.3, -0.25) is 9.59 Å². The van der Waals surface area contributed by atoms with Crippen LogP contribution in [0.1, 0.15) is 52.8 Å². The highest BCUT2D eigenvalue weighted by molar-refractivity contribution is 5.90. The summed E-state index contributed by atoms with van der Waals surface area (Å²) >= 11 is 0. The Morgan fingerprint density at radius 3 is 2.08 bits per heavy atom. The number of aliphatic hydroxyl groups is 1. The zero-order chi connectivity index (χ0) is 33.6. The van der Waals surface area contributed by atoms with E-state index < -0.39 is 29.7 Å². The SMILES string of the molecule is CCC1(CO)C(=O)OC(/C=N/OC(c2ccccc2)(c2ccccc2)c2ccccc2)c2c1cc1n(c2=O)Cc2cc3ccccc3nc2-1. The zero-order valence-electron chi connectivity index (χ0n) is 26.8. The second-order valence-electron chi connectivity index (χ2n) is 12.5. The van der Waals surface area contributed by atoms with Gasteiger partial charge in [0.05, 0.1) is 41.8 Å². The molecule has 0 saturated heterocycles. The average Bonchev–Trinajstić information content (AvgIpc) is 3.51. The lowest BCUT2D eigenvalue weighted by molar-refractivity contribution is -0.158. The van der Waals surface area contributed by atoms with Crippen LogP contribution < -0.4 is 5.56 Å². The monoisotopic (exact) mass is 647 g/mol. The van der Waals surface area contributed by atoms with Gasteiger partial charge in [0.15, 0.2) is 6.10 Å². The third-order valence-corrected chi connectivity index (χ3v) is 9.94. The average molecular weight is 648 g/mol. The van der Waals surface area contributed by atoms with Crippen LogP contribution >= 0.6 is 0 Å². The molecule has 0 fully saturated rings. The maximum Gasteiger partial charge on any atom is 0.319 e. The van der Waals surface area contributed by atoms with Crippen LogP contribution in [0.3, 0.4) is 0 Å². The summed E-state index contributed by atoms with van der Waals surface area (Å²) in [6.07, 6.45) is 0.450. The topological polar surface area (TPSA) is 103 Å². The number of hydrogen-bond acceptors (Lipinski definition) is 7. The Bertz CT molecular complexity index is 2180. The first-order chi connectivity index (χ1) is 24.0. The molecular formula is C41H33N3O5. The summed E-state index contributed by atoms with van der Waals surface area (Å²) in [6.45, 7) is 1.60. The third-order valence-electron chi connectivity index (χ3n) is 9.94. The molecule has 49 heavy (non-hydrogen) atoms. The lowest BCUT2D eigenvalue weighted by Crippen LogP contribution is -2.48. The van der Waals surface area contributed by atoms with Crippen molar-refractivity contribution in [2.75, 3.05) is 6.61 Å². The zero-order valence-corrected chi connectivity index (χ0v) is 26.8. The van der Waals surface area contributed by atoms with Crippen LogP contribution in [0.25, 0.3) is 22.3 Å². The summed E-state index contributed by atoms with van der Waals surface area (Å²) < 4.78 is 7.63. The molecule has 0 aliphatic carbocycles. The number of aromatic nitrogens is 2. The molecule has 4 aromatic carbocycles. The number of para-hydroxylation sites is 1. The molecule has 6 aromatic rings. The Kier molecular flexibility index (Phi) is 7.45. The predicted octanol–water partition coefficient (Wildman–Crippen LogP) is 6.66. The van der Waals surface area contributed by atoms with E-state index in [9.17, 15) is 14.7 Å². The summed E-state index contributed by atoms with van der Waals surface area (Å²) in [4.78, 5) is 39.8. The van der Waals surface area contributed by atoms with Gasteiger partial charge in [0.25, 0.3) is 5.56 Å². The second kappa shape index (κ2) is 12.0. The Balaban J connectivity index is 1.27. The minimum absolute atomic E-state index is 0.232. The van der Waals surface area contributed by atoms with Crippen LogP contribution in [-0.2, 0) is 31.9 Å². The molecule has 2 aliphatic rings. The van der Waals surface area contributed by atoms with E-state index in [1.165, 1.54) is 6.21 Å². The third kappa shape index (κ3) is 4.70. The number of carbonyl (C=O) groups is 1. The van der Waals surface area contributed by atoms with Crippen LogP contribution in [-0.4, -0.2) is 33.4 Å². The van der Waals surface area contributed by atoms with E-state index in [4.69, 9.17) is 14.6 Å². The molecule has 8 heteroatoms. The summed E-state index contributed by atoms with van der Waals surface area (Å²) in [5.74, 6) is -0.629. The molecule has 1 N–H and O–H groups in total. The maximum absolute atomic E-state index is 14.5. The molecular weight excluding hydrogens is 614 g/mol. The standard InChI is InChI=1S/C41H33N3O5/c1-2-40(26-45)32-23-34-37-28(22-27-14-12-13-21-33(27)43-37)25-44(34)38(46)36(32)35(48-39(40)47)24-42-49-41(29-15-6-3-7-16-29,30-17-8-4-9-18-30)31-19-10-5-11-20-31/h3-24,35,45H,2,25-26H2,1H3/b42-24+. The number of aliphatic hydroxyl groups excluding tert-OH is 1. The van der Waals surface area contributed by atoms with Crippen molar-refractivity contribution in [3.8, 4) is 11.4 Å². The van der Waals surface area contributed by atoms with Gasteiger partial charge in [-0.25, -0.2) is 4.98 Å². The number of pyridine rings is 2. The van der Waals surface area contributed by atoms with Crippen molar-refractivity contribution in [3.05, 3.63) is 171 Å². The lowest BCUT2D eigenvalue weighted by atomic mass is 9.74. The lowest BCUT2D eigenvalue weighted by Gasteiger charge is -2.37. The Hall–Kier alpha value is -5.86. The molecule has 0 saturated carbocycles.